The number of carbonyl (C=O) groups is 1. The molecule has 122 valence electrons. The molecule has 0 radical (unpaired) electrons. The summed E-state index contributed by atoms with van der Waals surface area (Å²) in [4.78, 5) is 17.0. The summed E-state index contributed by atoms with van der Waals surface area (Å²) in [5.74, 6) is 0.150. The summed E-state index contributed by atoms with van der Waals surface area (Å²) in [6.07, 6.45) is 0. The van der Waals surface area contributed by atoms with Crippen LogP contribution in [0.4, 0.5) is 0 Å². The molecule has 22 heavy (non-hydrogen) atoms. The fourth-order valence-electron chi connectivity index (χ4n) is 2.96. The summed E-state index contributed by atoms with van der Waals surface area (Å²) in [5, 5.41) is 3.32. The van der Waals surface area contributed by atoms with Gasteiger partial charge >= 0.3 is 0 Å². The van der Waals surface area contributed by atoms with Gasteiger partial charge in [0.2, 0.25) is 0 Å². The summed E-state index contributed by atoms with van der Waals surface area (Å²) >= 11 is 0. The molecule has 2 rings (SSSR count). The van der Waals surface area contributed by atoms with E-state index in [-0.39, 0.29) is 11.9 Å². The molecular weight excluding hydrogens is 274 g/mol. The number of benzene rings is 1. The Labute approximate surface area is 134 Å². The second kappa shape index (κ2) is 7.75. The van der Waals surface area contributed by atoms with Crippen molar-refractivity contribution in [1.82, 2.24) is 15.1 Å². The van der Waals surface area contributed by atoms with Crippen molar-refractivity contribution >= 4 is 5.91 Å². The van der Waals surface area contributed by atoms with E-state index in [2.05, 4.69) is 50.0 Å². The van der Waals surface area contributed by atoms with Crippen LogP contribution < -0.4 is 5.32 Å². The molecule has 4 nitrogen and oxygen atoms in total. The highest BCUT2D eigenvalue weighted by Gasteiger charge is 2.23. The minimum Gasteiger partial charge on any atom is -0.333 e. The van der Waals surface area contributed by atoms with E-state index in [1.807, 2.05) is 17.0 Å². The van der Waals surface area contributed by atoms with Gasteiger partial charge in [-0.2, -0.15) is 0 Å². The molecule has 1 amide bonds. The molecule has 4 heteroatoms. The number of rotatable bonds is 5. The van der Waals surface area contributed by atoms with Crippen LogP contribution in [0.25, 0.3) is 0 Å². The molecule has 0 unspecified atom stereocenters. The SMILES string of the molecule is CCN(Cc1ccc(C(=O)N2CCNC[C@@H]2C)cc1)C(C)C. The molecule has 1 aliphatic rings. The van der Waals surface area contributed by atoms with Gasteiger partial charge in [-0.05, 0) is 45.0 Å². The van der Waals surface area contributed by atoms with Gasteiger partial charge in [-0.25, -0.2) is 0 Å². The molecule has 1 N–H and O–H groups in total. The fourth-order valence-corrected chi connectivity index (χ4v) is 2.96. The number of nitrogens with one attached hydrogen (secondary N) is 1. The normalized spacial score (nSPS) is 19.0. The molecule has 0 aromatic heterocycles. The summed E-state index contributed by atoms with van der Waals surface area (Å²) in [5.41, 5.74) is 2.06. The van der Waals surface area contributed by atoms with Gasteiger partial charge in [-0.1, -0.05) is 19.1 Å². The highest BCUT2D eigenvalue weighted by molar-refractivity contribution is 5.94. The first-order valence-electron chi connectivity index (χ1n) is 8.37. The zero-order valence-electron chi connectivity index (χ0n) is 14.3. The molecule has 0 aliphatic carbocycles. The van der Waals surface area contributed by atoms with E-state index in [4.69, 9.17) is 0 Å². The molecule has 1 heterocycles. The van der Waals surface area contributed by atoms with Gasteiger partial charge in [0.15, 0.2) is 0 Å². The van der Waals surface area contributed by atoms with E-state index in [1.165, 1.54) is 5.56 Å². The minimum atomic E-state index is 0.150. The van der Waals surface area contributed by atoms with Gasteiger partial charge < -0.3 is 10.2 Å². The van der Waals surface area contributed by atoms with E-state index in [9.17, 15) is 4.79 Å². The maximum absolute atomic E-state index is 12.6. The van der Waals surface area contributed by atoms with Gasteiger partial charge in [0.1, 0.15) is 0 Å². The Kier molecular flexibility index (Phi) is 5.98. The second-order valence-electron chi connectivity index (χ2n) is 6.41. The lowest BCUT2D eigenvalue weighted by molar-refractivity contribution is 0.0655. The van der Waals surface area contributed by atoms with Crippen molar-refractivity contribution in [2.45, 2.75) is 46.3 Å². The molecule has 1 aliphatic heterocycles. The van der Waals surface area contributed by atoms with Gasteiger partial charge in [0, 0.05) is 43.8 Å². The average Bonchev–Trinajstić information content (AvgIpc) is 2.52. The summed E-state index contributed by atoms with van der Waals surface area (Å²) in [6.45, 7) is 13.2. The van der Waals surface area contributed by atoms with Crippen molar-refractivity contribution in [3.05, 3.63) is 35.4 Å². The third-order valence-corrected chi connectivity index (χ3v) is 4.49. The number of hydrogen-bond donors (Lipinski definition) is 1. The Morgan fingerprint density at radius 3 is 2.59 bits per heavy atom. The predicted octanol–water partition coefficient (Wildman–Crippen LogP) is 2.35. The van der Waals surface area contributed by atoms with Crippen LogP contribution in [0.2, 0.25) is 0 Å². The summed E-state index contributed by atoms with van der Waals surface area (Å²) in [7, 11) is 0. The highest BCUT2D eigenvalue weighted by atomic mass is 16.2. The third-order valence-electron chi connectivity index (χ3n) is 4.49. The highest BCUT2D eigenvalue weighted by Crippen LogP contribution is 2.13. The Hall–Kier alpha value is -1.39. The quantitative estimate of drug-likeness (QED) is 0.907. The van der Waals surface area contributed by atoms with Gasteiger partial charge in [0.25, 0.3) is 5.91 Å². The molecule has 0 spiro atoms. The monoisotopic (exact) mass is 303 g/mol. The number of amides is 1. The number of piperazine rings is 1. The lowest BCUT2D eigenvalue weighted by Gasteiger charge is -2.34. The topological polar surface area (TPSA) is 35.6 Å². The van der Waals surface area contributed by atoms with Crippen molar-refractivity contribution in [2.24, 2.45) is 0 Å². The standard InChI is InChI=1S/C18H29N3O/c1-5-20(14(2)3)13-16-6-8-17(9-7-16)18(22)21-11-10-19-12-15(21)4/h6-9,14-15,19H,5,10-13H2,1-4H3/t15-/m0/s1. The van der Waals surface area contributed by atoms with Crippen LogP contribution in [-0.4, -0.2) is 54.0 Å². The van der Waals surface area contributed by atoms with Crippen molar-refractivity contribution in [1.29, 1.82) is 0 Å². The summed E-state index contributed by atoms with van der Waals surface area (Å²) < 4.78 is 0. The van der Waals surface area contributed by atoms with Gasteiger partial charge in [0.05, 0.1) is 0 Å². The van der Waals surface area contributed by atoms with E-state index in [0.717, 1.165) is 38.3 Å². The Morgan fingerprint density at radius 2 is 2.05 bits per heavy atom. The smallest absolute Gasteiger partial charge is 0.254 e. The van der Waals surface area contributed by atoms with Crippen LogP contribution in [0, 0.1) is 0 Å². The van der Waals surface area contributed by atoms with Crippen LogP contribution in [0.15, 0.2) is 24.3 Å². The molecule has 1 fully saturated rings. The predicted molar refractivity (Wildman–Crippen MR) is 91.0 cm³/mol. The lowest BCUT2D eigenvalue weighted by atomic mass is 10.1. The van der Waals surface area contributed by atoms with E-state index in [0.29, 0.717) is 6.04 Å². The van der Waals surface area contributed by atoms with E-state index < -0.39 is 0 Å². The minimum absolute atomic E-state index is 0.150. The average molecular weight is 303 g/mol. The van der Waals surface area contributed by atoms with Crippen molar-refractivity contribution in [2.75, 3.05) is 26.2 Å². The molecule has 0 bridgehead atoms. The Morgan fingerprint density at radius 1 is 1.36 bits per heavy atom. The first-order valence-corrected chi connectivity index (χ1v) is 8.37. The number of hydrogen-bond acceptors (Lipinski definition) is 3. The molecular formula is C18H29N3O. The van der Waals surface area contributed by atoms with Crippen LogP contribution in [0.5, 0.6) is 0 Å². The van der Waals surface area contributed by atoms with Gasteiger partial charge in [-0.15, -0.1) is 0 Å². The Balaban J connectivity index is 2.03. The largest absolute Gasteiger partial charge is 0.333 e. The zero-order valence-corrected chi connectivity index (χ0v) is 14.3. The van der Waals surface area contributed by atoms with Crippen molar-refractivity contribution in [3.63, 3.8) is 0 Å². The van der Waals surface area contributed by atoms with Crippen LogP contribution in [0.3, 0.4) is 0 Å². The van der Waals surface area contributed by atoms with Crippen LogP contribution in [0.1, 0.15) is 43.6 Å². The summed E-state index contributed by atoms with van der Waals surface area (Å²) in [6, 6.07) is 8.92. The van der Waals surface area contributed by atoms with E-state index >= 15 is 0 Å². The second-order valence-corrected chi connectivity index (χ2v) is 6.41. The zero-order chi connectivity index (χ0) is 16.1. The van der Waals surface area contributed by atoms with E-state index in [1.54, 1.807) is 0 Å². The molecule has 1 saturated heterocycles. The van der Waals surface area contributed by atoms with Crippen molar-refractivity contribution < 1.29 is 4.79 Å². The van der Waals surface area contributed by atoms with Crippen molar-refractivity contribution in [3.8, 4) is 0 Å². The van der Waals surface area contributed by atoms with Crippen LogP contribution in [-0.2, 0) is 6.54 Å². The van der Waals surface area contributed by atoms with Gasteiger partial charge in [-0.3, -0.25) is 9.69 Å². The number of nitrogens with zero attached hydrogens (tertiary/aromatic N) is 2. The Bertz CT molecular complexity index is 484. The molecule has 1 aromatic carbocycles. The fraction of sp³-hybridized carbons (Fsp3) is 0.611. The van der Waals surface area contributed by atoms with Crippen LogP contribution >= 0.6 is 0 Å². The first-order chi connectivity index (χ1) is 10.5. The maximum Gasteiger partial charge on any atom is 0.254 e. The lowest BCUT2D eigenvalue weighted by Crippen LogP contribution is -2.52. The molecule has 0 saturated carbocycles. The number of carbonyl (C=O) groups excluding carboxylic acids is 1. The molecule has 1 aromatic rings. The molecule has 1 atom stereocenters. The first kappa shape index (κ1) is 17.0. The third kappa shape index (κ3) is 4.08. The maximum atomic E-state index is 12.6.